The third-order valence-corrected chi connectivity index (χ3v) is 4.31. The average molecular weight is 285 g/mol. The van der Waals surface area contributed by atoms with Gasteiger partial charge in [0, 0.05) is 18.6 Å². The van der Waals surface area contributed by atoms with Crippen LogP contribution in [0.1, 0.15) is 33.1 Å². The second kappa shape index (κ2) is 7.96. The fourth-order valence-corrected chi connectivity index (χ4v) is 2.92. The van der Waals surface area contributed by atoms with E-state index in [2.05, 4.69) is 36.3 Å². The molecule has 0 aromatic carbocycles. The predicted octanol–water partition coefficient (Wildman–Crippen LogP) is 0.944. The molecule has 0 heterocycles. The zero-order valence-electron chi connectivity index (χ0n) is 13.7. The van der Waals surface area contributed by atoms with Crippen LogP contribution < -0.4 is 5.32 Å². The largest absolute Gasteiger partial charge is 0.465 e. The van der Waals surface area contributed by atoms with Gasteiger partial charge in [-0.2, -0.15) is 0 Å². The molecule has 118 valence electrons. The van der Waals surface area contributed by atoms with Gasteiger partial charge in [0.1, 0.15) is 6.04 Å². The van der Waals surface area contributed by atoms with Gasteiger partial charge in [-0.15, -0.1) is 0 Å². The van der Waals surface area contributed by atoms with Crippen LogP contribution in [0.15, 0.2) is 0 Å². The number of likely N-dealkylation sites (N-methyl/N-ethyl adjacent to an activating group) is 3. The van der Waals surface area contributed by atoms with Crippen molar-refractivity contribution in [2.75, 3.05) is 47.4 Å². The zero-order chi connectivity index (χ0) is 15.2. The summed E-state index contributed by atoms with van der Waals surface area (Å²) in [5.74, 6) is -0.145. The minimum atomic E-state index is -0.232. The first-order valence-corrected chi connectivity index (χ1v) is 7.71. The molecule has 0 aromatic heterocycles. The highest BCUT2D eigenvalue weighted by Gasteiger charge is 2.40. The highest BCUT2D eigenvalue weighted by molar-refractivity contribution is 5.76. The molecule has 1 unspecified atom stereocenters. The van der Waals surface area contributed by atoms with Crippen molar-refractivity contribution >= 4 is 5.97 Å². The Morgan fingerprint density at radius 3 is 2.35 bits per heavy atom. The first kappa shape index (κ1) is 17.4. The maximum absolute atomic E-state index is 11.9. The van der Waals surface area contributed by atoms with Crippen molar-refractivity contribution in [1.82, 2.24) is 15.1 Å². The van der Waals surface area contributed by atoms with E-state index in [4.69, 9.17) is 4.74 Å². The van der Waals surface area contributed by atoms with Crippen molar-refractivity contribution in [1.29, 1.82) is 0 Å². The Hall–Kier alpha value is -0.650. The van der Waals surface area contributed by atoms with E-state index in [-0.39, 0.29) is 12.0 Å². The Balaban J connectivity index is 2.52. The second-order valence-electron chi connectivity index (χ2n) is 6.03. The molecule has 0 saturated heterocycles. The highest BCUT2D eigenvalue weighted by atomic mass is 16.5. The molecular formula is C15H31N3O2. The fourth-order valence-electron chi connectivity index (χ4n) is 2.92. The van der Waals surface area contributed by atoms with E-state index in [0.717, 1.165) is 13.1 Å². The lowest BCUT2D eigenvalue weighted by Crippen LogP contribution is -2.58. The Morgan fingerprint density at radius 2 is 1.95 bits per heavy atom. The van der Waals surface area contributed by atoms with Crippen molar-refractivity contribution in [3.05, 3.63) is 0 Å². The molecule has 0 amide bonds. The topological polar surface area (TPSA) is 44.8 Å². The summed E-state index contributed by atoms with van der Waals surface area (Å²) in [5.41, 5.74) is 0.292. The van der Waals surface area contributed by atoms with Crippen LogP contribution in [-0.2, 0) is 9.53 Å². The lowest BCUT2D eigenvalue weighted by atomic mass is 9.75. The van der Waals surface area contributed by atoms with Crippen molar-refractivity contribution in [2.45, 2.75) is 44.7 Å². The SMILES string of the molecule is CCNC(CN(C)CC1(N(C)C)CCC1)C(=O)OCC. The first-order valence-electron chi connectivity index (χ1n) is 7.71. The molecule has 0 radical (unpaired) electrons. The summed E-state index contributed by atoms with van der Waals surface area (Å²) in [7, 11) is 6.40. The minimum Gasteiger partial charge on any atom is -0.465 e. The van der Waals surface area contributed by atoms with Crippen LogP contribution in [0.2, 0.25) is 0 Å². The number of carbonyl (C=O) groups is 1. The van der Waals surface area contributed by atoms with E-state index in [9.17, 15) is 4.79 Å². The molecule has 1 rings (SSSR count). The van der Waals surface area contributed by atoms with Gasteiger partial charge < -0.3 is 19.9 Å². The van der Waals surface area contributed by atoms with Crippen LogP contribution in [0.25, 0.3) is 0 Å². The molecule has 0 spiro atoms. The standard InChI is InChI=1S/C15H31N3O2/c1-6-16-13(14(19)20-7-2)11-18(5)12-15(17(3)4)9-8-10-15/h13,16H,6-12H2,1-5H3. The highest BCUT2D eigenvalue weighted by Crippen LogP contribution is 2.36. The van der Waals surface area contributed by atoms with Gasteiger partial charge in [0.15, 0.2) is 0 Å². The first-order chi connectivity index (χ1) is 9.45. The fraction of sp³-hybridized carbons (Fsp3) is 0.933. The molecule has 5 heteroatoms. The lowest BCUT2D eigenvalue weighted by Gasteiger charge is -2.49. The average Bonchev–Trinajstić information content (AvgIpc) is 2.33. The smallest absolute Gasteiger partial charge is 0.324 e. The van der Waals surface area contributed by atoms with Crippen molar-refractivity contribution < 1.29 is 9.53 Å². The van der Waals surface area contributed by atoms with Crippen LogP contribution in [0.5, 0.6) is 0 Å². The second-order valence-corrected chi connectivity index (χ2v) is 6.03. The number of hydrogen-bond donors (Lipinski definition) is 1. The van der Waals surface area contributed by atoms with Crippen LogP contribution in [-0.4, -0.2) is 74.7 Å². The predicted molar refractivity (Wildman–Crippen MR) is 81.9 cm³/mol. The molecule has 1 saturated carbocycles. The molecule has 1 aliphatic carbocycles. The quantitative estimate of drug-likeness (QED) is 0.639. The van der Waals surface area contributed by atoms with Crippen molar-refractivity contribution in [3.63, 3.8) is 0 Å². The van der Waals surface area contributed by atoms with Crippen molar-refractivity contribution in [3.8, 4) is 0 Å². The lowest BCUT2D eigenvalue weighted by molar-refractivity contribution is -0.146. The summed E-state index contributed by atoms with van der Waals surface area (Å²) in [6.45, 7) is 6.77. The Bertz CT molecular complexity index is 303. The normalized spacial score (nSPS) is 18.9. The third-order valence-electron chi connectivity index (χ3n) is 4.31. The van der Waals surface area contributed by atoms with E-state index >= 15 is 0 Å². The van der Waals surface area contributed by atoms with Crippen LogP contribution in [0.4, 0.5) is 0 Å². The molecule has 0 aliphatic heterocycles. The maximum atomic E-state index is 11.9. The maximum Gasteiger partial charge on any atom is 0.324 e. The molecular weight excluding hydrogens is 254 g/mol. The molecule has 1 atom stereocenters. The summed E-state index contributed by atoms with van der Waals surface area (Å²) in [6.07, 6.45) is 3.80. The molecule has 0 bridgehead atoms. The molecule has 1 fully saturated rings. The van der Waals surface area contributed by atoms with Gasteiger partial charge in [-0.1, -0.05) is 6.92 Å². The van der Waals surface area contributed by atoms with Gasteiger partial charge in [-0.05, 0) is 53.9 Å². The van der Waals surface area contributed by atoms with Gasteiger partial charge >= 0.3 is 5.97 Å². The summed E-state index contributed by atoms with van der Waals surface area (Å²) < 4.78 is 5.14. The zero-order valence-corrected chi connectivity index (χ0v) is 13.7. The van der Waals surface area contributed by atoms with E-state index in [1.807, 2.05) is 13.8 Å². The molecule has 5 nitrogen and oxygen atoms in total. The molecule has 1 N–H and O–H groups in total. The number of rotatable bonds is 9. The van der Waals surface area contributed by atoms with Gasteiger partial charge in [0.05, 0.1) is 6.61 Å². The van der Waals surface area contributed by atoms with E-state index in [0.29, 0.717) is 18.7 Å². The summed E-state index contributed by atoms with van der Waals surface area (Å²) in [6, 6.07) is -0.232. The molecule has 20 heavy (non-hydrogen) atoms. The van der Waals surface area contributed by atoms with Crippen LogP contribution in [0, 0.1) is 0 Å². The van der Waals surface area contributed by atoms with E-state index in [1.165, 1.54) is 19.3 Å². The third kappa shape index (κ3) is 4.43. The Kier molecular flexibility index (Phi) is 6.92. The Labute approximate surface area is 123 Å². The monoisotopic (exact) mass is 285 g/mol. The minimum absolute atomic E-state index is 0.145. The van der Waals surface area contributed by atoms with Crippen LogP contribution in [0.3, 0.4) is 0 Å². The van der Waals surface area contributed by atoms with Crippen LogP contribution >= 0.6 is 0 Å². The Morgan fingerprint density at radius 1 is 1.30 bits per heavy atom. The number of hydrogen-bond acceptors (Lipinski definition) is 5. The number of nitrogens with zero attached hydrogens (tertiary/aromatic N) is 2. The van der Waals surface area contributed by atoms with E-state index < -0.39 is 0 Å². The number of esters is 1. The van der Waals surface area contributed by atoms with Gasteiger partial charge in [0.25, 0.3) is 0 Å². The molecule has 1 aliphatic rings. The van der Waals surface area contributed by atoms with Gasteiger partial charge in [-0.25, -0.2) is 0 Å². The van der Waals surface area contributed by atoms with E-state index in [1.54, 1.807) is 0 Å². The summed E-state index contributed by atoms with van der Waals surface area (Å²) >= 11 is 0. The number of carbonyl (C=O) groups excluding carboxylic acids is 1. The van der Waals surface area contributed by atoms with Gasteiger partial charge in [-0.3, -0.25) is 4.79 Å². The molecule has 0 aromatic rings. The van der Waals surface area contributed by atoms with Gasteiger partial charge in [0.2, 0.25) is 0 Å². The summed E-state index contributed by atoms with van der Waals surface area (Å²) in [5, 5.41) is 3.22. The number of nitrogens with one attached hydrogen (secondary N) is 1. The summed E-state index contributed by atoms with van der Waals surface area (Å²) in [4.78, 5) is 16.5. The number of ether oxygens (including phenoxy) is 1. The van der Waals surface area contributed by atoms with Crippen molar-refractivity contribution in [2.24, 2.45) is 0 Å².